The second kappa shape index (κ2) is 6.04. The van der Waals surface area contributed by atoms with E-state index >= 15 is 0 Å². The van der Waals surface area contributed by atoms with Crippen LogP contribution in [-0.4, -0.2) is 66.7 Å². The molecule has 0 spiro atoms. The van der Waals surface area contributed by atoms with Crippen molar-refractivity contribution < 1.29 is 37.0 Å². The van der Waals surface area contributed by atoms with E-state index in [0.717, 1.165) is 4.90 Å². The van der Waals surface area contributed by atoms with Gasteiger partial charge >= 0.3 is 24.3 Å². The molecule has 1 aliphatic rings. The Balaban J connectivity index is 2.59. The van der Waals surface area contributed by atoms with Crippen LogP contribution in [0.25, 0.3) is 0 Å². The fraction of sp³-hybridized carbons (Fsp3) is 0.778. The van der Waals surface area contributed by atoms with Gasteiger partial charge in [0.1, 0.15) is 0 Å². The van der Waals surface area contributed by atoms with Crippen molar-refractivity contribution in [2.24, 2.45) is 0 Å². The highest BCUT2D eigenvalue weighted by molar-refractivity contribution is 5.83. The van der Waals surface area contributed by atoms with Gasteiger partial charge in [0.2, 0.25) is 0 Å². The van der Waals surface area contributed by atoms with Gasteiger partial charge in [-0.3, -0.25) is 0 Å². The maximum atomic E-state index is 12.6. The molecule has 6 nitrogen and oxygen atoms in total. The van der Waals surface area contributed by atoms with Gasteiger partial charge in [0.15, 0.2) is 6.04 Å². The van der Waals surface area contributed by atoms with E-state index in [1.54, 1.807) is 5.32 Å². The molecule has 1 heterocycles. The third kappa shape index (κ3) is 3.94. The predicted molar refractivity (Wildman–Crippen MR) is 53.3 cm³/mol. The number of nitrogens with zero attached hydrogens (tertiary/aromatic N) is 1. The zero-order valence-electron chi connectivity index (χ0n) is 9.61. The van der Waals surface area contributed by atoms with Crippen molar-refractivity contribution in [3.05, 3.63) is 0 Å². The molecule has 1 unspecified atom stereocenters. The molecule has 1 saturated heterocycles. The number of carbonyl (C=O) groups is 2. The number of carboxylic acid groups (broad SMARTS) is 1. The van der Waals surface area contributed by atoms with E-state index in [-0.39, 0.29) is 19.8 Å². The van der Waals surface area contributed by atoms with Gasteiger partial charge in [-0.05, 0) is 0 Å². The molecule has 0 aliphatic carbocycles. The third-order valence-electron chi connectivity index (χ3n) is 2.47. The minimum Gasteiger partial charge on any atom is -0.480 e. The molecule has 0 bridgehead atoms. The number of nitrogens with one attached hydrogen (secondary N) is 1. The highest BCUT2D eigenvalue weighted by atomic mass is 19.3. The van der Waals surface area contributed by atoms with Gasteiger partial charge in [-0.25, -0.2) is 18.4 Å². The fourth-order valence-corrected chi connectivity index (χ4v) is 1.42. The first-order valence-electron chi connectivity index (χ1n) is 5.26. The minimum absolute atomic E-state index is 0.0441. The molecule has 1 fully saturated rings. The Morgan fingerprint density at radius 3 is 2.63 bits per heavy atom. The van der Waals surface area contributed by atoms with Gasteiger partial charge < -0.3 is 20.1 Å². The quantitative estimate of drug-likeness (QED) is 0.733. The Hall–Kier alpha value is -1.58. The lowest BCUT2D eigenvalue weighted by Crippen LogP contribution is -2.57. The summed E-state index contributed by atoms with van der Waals surface area (Å²) in [5, 5.41) is 10.4. The molecule has 0 saturated carbocycles. The van der Waals surface area contributed by atoms with Crippen LogP contribution < -0.4 is 5.32 Å². The summed E-state index contributed by atoms with van der Waals surface area (Å²) >= 11 is 0. The largest absolute Gasteiger partial charge is 0.480 e. The number of hydrogen-bond donors (Lipinski definition) is 2. The number of halogens is 4. The van der Waals surface area contributed by atoms with Crippen LogP contribution in [0.1, 0.15) is 0 Å². The van der Waals surface area contributed by atoms with E-state index in [1.165, 1.54) is 0 Å². The monoisotopic (exact) mass is 288 g/mol. The second-order valence-corrected chi connectivity index (χ2v) is 3.84. The predicted octanol–water partition coefficient (Wildman–Crippen LogP) is 0.382. The van der Waals surface area contributed by atoms with Gasteiger partial charge in [-0.15, -0.1) is 0 Å². The maximum Gasteiger partial charge on any atom is 0.328 e. The number of carboxylic acids is 1. The van der Waals surface area contributed by atoms with Crippen LogP contribution in [0, 0.1) is 0 Å². The molecule has 110 valence electrons. The number of rotatable bonds is 4. The van der Waals surface area contributed by atoms with Crippen molar-refractivity contribution in [1.82, 2.24) is 10.2 Å². The van der Waals surface area contributed by atoms with Crippen LogP contribution >= 0.6 is 0 Å². The number of alkyl halides is 4. The van der Waals surface area contributed by atoms with Crippen LogP contribution in [0.3, 0.4) is 0 Å². The first-order chi connectivity index (χ1) is 8.75. The fourth-order valence-electron chi connectivity index (χ4n) is 1.42. The van der Waals surface area contributed by atoms with E-state index in [0.29, 0.717) is 0 Å². The van der Waals surface area contributed by atoms with E-state index < -0.39 is 36.9 Å². The molecular weight excluding hydrogens is 276 g/mol. The van der Waals surface area contributed by atoms with E-state index in [4.69, 9.17) is 9.84 Å². The van der Waals surface area contributed by atoms with Crippen molar-refractivity contribution in [2.75, 3.05) is 26.3 Å². The summed E-state index contributed by atoms with van der Waals surface area (Å²) in [5.41, 5.74) is 0. The summed E-state index contributed by atoms with van der Waals surface area (Å²) in [6, 6.07) is -2.47. The van der Waals surface area contributed by atoms with Gasteiger partial charge in [0.25, 0.3) is 0 Å². The standard InChI is InChI=1S/C9H12F4N2O4/c10-7(11)9(12,13)4-14-8(18)15-1-2-19-3-5(15)6(16)17/h5,7H,1-4H2,(H,14,18)(H,16,17). The molecular formula is C9H12F4N2O4. The molecule has 1 rings (SSSR count). The maximum absolute atomic E-state index is 12.6. The van der Waals surface area contributed by atoms with Crippen molar-refractivity contribution in [3.63, 3.8) is 0 Å². The molecule has 0 aromatic carbocycles. The van der Waals surface area contributed by atoms with Gasteiger partial charge in [-0.2, -0.15) is 8.78 Å². The molecule has 2 amide bonds. The SMILES string of the molecule is O=C(O)C1COCCN1C(=O)NCC(F)(F)C(F)F. The highest BCUT2D eigenvalue weighted by Gasteiger charge is 2.42. The normalized spacial score (nSPS) is 20.5. The van der Waals surface area contributed by atoms with Gasteiger partial charge in [0, 0.05) is 6.54 Å². The first kappa shape index (κ1) is 15.5. The summed E-state index contributed by atoms with van der Waals surface area (Å²) in [6.45, 7) is -1.92. The lowest BCUT2D eigenvalue weighted by Gasteiger charge is -2.33. The van der Waals surface area contributed by atoms with Gasteiger partial charge in [0.05, 0.1) is 19.8 Å². The summed E-state index contributed by atoms with van der Waals surface area (Å²) in [4.78, 5) is 23.1. The van der Waals surface area contributed by atoms with Crippen molar-refractivity contribution in [1.29, 1.82) is 0 Å². The number of amides is 2. The number of ether oxygens (including phenoxy) is 1. The summed E-state index contributed by atoms with van der Waals surface area (Å²) in [6.07, 6.45) is -3.91. The Morgan fingerprint density at radius 1 is 1.47 bits per heavy atom. The van der Waals surface area contributed by atoms with Crippen LogP contribution in [0.5, 0.6) is 0 Å². The van der Waals surface area contributed by atoms with Crippen LogP contribution in [0.4, 0.5) is 22.4 Å². The Labute approximate surface area is 105 Å². The minimum atomic E-state index is -4.36. The molecule has 2 N–H and O–H groups in total. The van der Waals surface area contributed by atoms with Crippen LogP contribution in [0.2, 0.25) is 0 Å². The van der Waals surface area contributed by atoms with Crippen molar-refractivity contribution in [2.45, 2.75) is 18.4 Å². The van der Waals surface area contributed by atoms with E-state index in [2.05, 4.69) is 0 Å². The number of carbonyl (C=O) groups excluding carboxylic acids is 1. The Kier molecular flexibility index (Phi) is 4.92. The zero-order chi connectivity index (χ0) is 14.6. The lowest BCUT2D eigenvalue weighted by atomic mass is 10.2. The highest BCUT2D eigenvalue weighted by Crippen LogP contribution is 2.21. The summed E-state index contributed by atoms with van der Waals surface area (Å²) in [7, 11) is 0. The topological polar surface area (TPSA) is 78.9 Å². The summed E-state index contributed by atoms with van der Waals surface area (Å²) in [5.74, 6) is -5.73. The number of aliphatic carboxylic acids is 1. The lowest BCUT2D eigenvalue weighted by molar-refractivity contribution is -0.147. The molecule has 0 aromatic rings. The average molecular weight is 288 g/mol. The second-order valence-electron chi connectivity index (χ2n) is 3.84. The van der Waals surface area contributed by atoms with Crippen LogP contribution in [-0.2, 0) is 9.53 Å². The van der Waals surface area contributed by atoms with Crippen molar-refractivity contribution in [3.8, 4) is 0 Å². The van der Waals surface area contributed by atoms with E-state index in [9.17, 15) is 27.2 Å². The van der Waals surface area contributed by atoms with Crippen molar-refractivity contribution >= 4 is 12.0 Å². The molecule has 10 heteroatoms. The average Bonchev–Trinajstić information content (AvgIpc) is 2.35. The van der Waals surface area contributed by atoms with E-state index in [1.807, 2.05) is 0 Å². The van der Waals surface area contributed by atoms with Crippen LogP contribution in [0.15, 0.2) is 0 Å². The number of hydrogen-bond acceptors (Lipinski definition) is 3. The Morgan fingerprint density at radius 2 is 2.11 bits per heavy atom. The van der Waals surface area contributed by atoms with Gasteiger partial charge in [-0.1, -0.05) is 0 Å². The zero-order valence-corrected chi connectivity index (χ0v) is 9.61. The molecule has 0 aromatic heterocycles. The molecule has 0 radical (unpaired) electrons. The number of urea groups is 1. The Bertz CT molecular complexity index is 353. The molecule has 1 aliphatic heterocycles. The number of morpholine rings is 1. The smallest absolute Gasteiger partial charge is 0.328 e. The third-order valence-corrected chi connectivity index (χ3v) is 2.47. The first-order valence-corrected chi connectivity index (χ1v) is 5.26. The summed E-state index contributed by atoms with van der Waals surface area (Å²) < 4.78 is 53.8. The molecule has 1 atom stereocenters. The molecule has 19 heavy (non-hydrogen) atoms.